The molecule has 0 saturated carbocycles. The van der Waals surface area contributed by atoms with E-state index in [1.54, 1.807) is 14.2 Å². The standard InChI is InChI=1S/2C3H7O2.Al.Li.2H2.H/c2*1-5-3-2-4;;;;;/h2*2-3H2,1H3;;;2*1H;/q2*-1;+2;;;;. The first-order chi connectivity index (χ1) is 5.41. The first kappa shape index (κ1) is 15.4. The molecule has 0 heterocycles. The van der Waals surface area contributed by atoms with Crippen molar-refractivity contribution in [2.75, 3.05) is 40.6 Å². The molecule has 0 aromatic rings. The molecule has 0 rings (SSSR count). The summed E-state index contributed by atoms with van der Waals surface area (Å²) in [6.45, 7) is 2.47. The summed E-state index contributed by atoms with van der Waals surface area (Å²) < 4.78 is 19.8. The van der Waals surface area contributed by atoms with E-state index in [9.17, 15) is 0 Å². The van der Waals surface area contributed by atoms with Gasteiger partial charge in [0.05, 0.1) is 13.2 Å². The quantitative estimate of drug-likeness (QED) is 0.387. The molecule has 0 fully saturated rings. The average Bonchev–Trinajstić information content (AvgIpc) is 2.03. The zero-order valence-corrected chi connectivity index (χ0v) is 8.19. The molecule has 0 saturated heterocycles. The Bertz CT molecular complexity index is 76.9. The molecule has 0 amide bonds. The molecule has 0 N–H and O–H groups in total. The Balaban J connectivity index is -0.000000167. The second kappa shape index (κ2) is 14.5. The van der Waals surface area contributed by atoms with Gasteiger partial charge in [-0.1, -0.05) is 0 Å². The van der Waals surface area contributed by atoms with E-state index in [1.807, 2.05) is 0 Å². The van der Waals surface area contributed by atoms with Crippen molar-refractivity contribution in [2.45, 2.75) is 0 Å². The van der Waals surface area contributed by atoms with Crippen LogP contribution < -0.4 is 0 Å². The zero-order valence-electron chi connectivity index (χ0n) is 7.04. The van der Waals surface area contributed by atoms with Gasteiger partial charge in [0, 0.05) is 30.3 Å². The zero-order chi connectivity index (χ0) is 8.36. The predicted octanol–water partition coefficient (Wildman–Crippen LogP) is -0.310. The van der Waals surface area contributed by atoms with Crippen molar-refractivity contribution in [2.24, 2.45) is 0 Å². The summed E-state index contributed by atoms with van der Waals surface area (Å²) >= 11 is -0.349. The third kappa shape index (κ3) is 13.6. The summed E-state index contributed by atoms with van der Waals surface area (Å²) in [4.78, 5) is 0. The van der Waals surface area contributed by atoms with Gasteiger partial charge in [0.25, 0.3) is 0 Å². The maximum absolute atomic E-state index is 5.10. The molecule has 1 radical (unpaired) electrons. The third-order valence-corrected chi connectivity index (χ3v) is 1.69. The molecule has 71 valence electrons. The number of rotatable bonds is 8. The molecule has 0 bridgehead atoms. The number of hydrogen-bond donors (Lipinski definition) is 0. The minimum atomic E-state index is -0.349. The van der Waals surface area contributed by atoms with Crippen molar-refractivity contribution in [3.05, 3.63) is 0 Å². The van der Waals surface area contributed by atoms with Crippen molar-refractivity contribution in [1.29, 1.82) is 0 Å². The number of hydrogen-bond acceptors (Lipinski definition) is 4. The van der Waals surface area contributed by atoms with Gasteiger partial charge in [-0.3, -0.25) is 0 Å². The van der Waals surface area contributed by atoms with Crippen LogP contribution in [0.4, 0.5) is 0 Å². The molecule has 12 heavy (non-hydrogen) atoms. The Labute approximate surface area is 95.4 Å². The van der Waals surface area contributed by atoms with Gasteiger partial charge >= 0.3 is 34.7 Å². The molecule has 0 aromatic heterocycles. The summed E-state index contributed by atoms with van der Waals surface area (Å²) in [6.07, 6.45) is 0. The predicted molar refractivity (Wildman–Crippen MR) is 52.8 cm³/mol. The van der Waals surface area contributed by atoms with E-state index in [2.05, 4.69) is 0 Å². The molecule has 0 aromatic carbocycles. The van der Waals surface area contributed by atoms with Crippen LogP contribution in [0.25, 0.3) is 0 Å². The van der Waals surface area contributed by atoms with E-state index in [4.69, 9.17) is 17.1 Å². The molecule has 0 spiro atoms. The Kier molecular flexibility index (Phi) is 18.6. The molecule has 0 unspecified atom stereocenters. The van der Waals surface area contributed by atoms with Crippen LogP contribution in [0.15, 0.2) is 0 Å². The molecule has 0 aliphatic rings. The molecule has 4 nitrogen and oxygen atoms in total. The Morgan fingerprint density at radius 1 is 0.917 bits per heavy atom. The van der Waals surface area contributed by atoms with Crippen molar-refractivity contribution in [1.82, 2.24) is 0 Å². The average molecular weight is 189 g/mol. The first-order valence-corrected chi connectivity index (χ1v) is 4.39. The molecule has 0 aliphatic heterocycles. The summed E-state index contributed by atoms with van der Waals surface area (Å²) in [5, 5.41) is 0. The van der Waals surface area contributed by atoms with Gasteiger partial charge in [-0.2, -0.15) is 0 Å². The molecular formula is C6H19AlLiO4. The Morgan fingerprint density at radius 2 is 1.33 bits per heavy atom. The van der Waals surface area contributed by atoms with Gasteiger partial charge in [0.2, 0.25) is 0 Å². The van der Waals surface area contributed by atoms with E-state index in [0.29, 0.717) is 26.4 Å². The Morgan fingerprint density at radius 3 is 1.67 bits per heavy atom. The minimum absolute atomic E-state index is 0. The van der Waals surface area contributed by atoms with E-state index < -0.39 is 0 Å². The van der Waals surface area contributed by atoms with E-state index in [1.165, 1.54) is 0 Å². The van der Waals surface area contributed by atoms with Crippen LogP contribution in [0.5, 0.6) is 0 Å². The van der Waals surface area contributed by atoms with Crippen LogP contribution in [0, 0.1) is 0 Å². The van der Waals surface area contributed by atoms with Gasteiger partial charge in [-0.25, -0.2) is 0 Å². The monoisotopic (exact) mass is 189 g/mol. The fourth-order valence-corrected chi connectivity index (χ4v) is 0.888. The summed E-state index contributed by atoms with van der Waals surface area (Å²) in [7, 11) is 3.29. The summed E-state index contributed by atoms with van der Waals surface area (Å²) in [6, 6.07) is 0. The van der Waals surface area contributed by atoms with E-state index >= 15 is 0 Å². The topological polar surface area (TPSA) is 36.9 Å². The SMILES string of the molecule is COCC[O][Al][O]CCOC.[HH].[HH].[LiH]. The second-order valence-corrected chi connectivity index (χ2v) is 2.68. The van der Waals surface area contributed by atoms with Crippen LogP contribution in [-0.2, 0) is 17.1 Å². The van der Waals surface area contributed by atoms with Crippen LogP contribution in [0.3, 0.4) is 0 Å². The second-order valence-electron chi connectivity index (χ2n) is 1.82. The fraction of sp³-hybridized carbons (Fsp3) is 1.00. The van der Waals surface area contributed by atoms with Crippen LogP contribution in [0.1, 0.15) is 2.85 Å². The first-order valence-electron chi connectivity index (χ1n) is 3.44. The summed E-state index contributed by atoms with van der Waals surface area (Å²) in [5.41, 5.74) is 0. The normalized spacial score (nSPS) is 9.17. The van der Waals surface area contributed by atoms with Crippen molar-refractivity contribution in [3.8, 4) is 0 Å². The molecule has 0 atom stereocenters. The fourth-order valence-electron chi connectivity index (χ4n) is 0.407. The van der Waals surface area contributed by atoms with E-state index in [0.717, 1.165) is 0 Å². The van der Waals surface area contributed by atoms with Crippen molar-refractivity contribution >= 4 is 34.7 Å². The summed E-state index contributed by atoms with van der Waals surface area (Å²) in [5.74, 6) is 0. The van der Waals surface area contributed by atoms with Gasteiger partial charge in [-0.05, 0) is 0 Å². The maximum atomic E-state index is 5.10. The molecule has 6 heteroatoms. The molecule has 0 aliphatic carbocycles. The van der Waals surface area contributed by atoms with Crippen LogP contribution >= 0.6 is 0 Å². The van der Waals surface area contributed by atoms with Crippen molar-refractivity contribution < 1.29 is 19.9 Å². The Hall–Kier alpha value is 0.970. The van der Waals surface area contributed by atoms with Crippen LogP contribution in [0.2, 0.25) is 0 Å². The number of ether oxygens (including phenoxy) is 2. The van der Waals surface area contributed by atoms with Gasteiger partial charge in [0.15, 0.2) is 0 Å². The number of methoxy groups -OCH3 is 2. The van der Waals surface area contributed by atoms with Gasteiger partial charge in [-0.15, -0.1) is 0 Å². The van der Waals surface area contributed by atoms with Gasteiger partial charge < -0.3 is 17.1 Å². The molecular weight excluding hydrogens is 170 g/mol. The van der Waals surface area contributed by atoms with Gasteiger partial charge in [0.1, 0.15) is 0 Å². The van der Waals surface area contributed by atoms with E-state index in [-0.39, 0.29) is 37.6 Å². The van der Waals surface area contributed by atoms with Crippen LogP contribution in [-0.4, -0.2) is 75.4 Å². The third-order valence-electron chi connectivity index (χ3n) is 0.947. The van der Waals surface area contributed by atoms with Crippen molar-refractivity contribution in [3.63, 3.8) is 0 Å².